The van der Waals surface area contributed by atoms with Crippen LogP contribution in [0.15, 0.2) is 122 Å². The van der Waals surface area contributed by atoms with Gasteiger partial charge < -0.3 is 29.2 Å². The van der Waals surface area contributed by atoms with E-state index in [-0.39, 0.29) is 24.9 Å². The van der Waals surface area contributed by atoms with Crippen molar-refractivity contribution in [2.24, 2.45) is 0 Å². The van der Waals surface area contributed by atoms with E-state index >= 15 is 0 Å². The molecule has 0 saturated heterocycles. The SMILES string of the molecule is COc1ccc(C(OC[C@@H](CO)n2cnc3c(NC(=O)c4ccccc4)ncnc32)(c2ccccc2)c2ccc(OC)cc2)cc1. The minimum Gasteiger partial charge on any atom is -0.497 e. The lowest BCUT2D eigenvalue weighted by Gasteiger charge is -2.37. The first-order valence-electron chi connectivity index (χ1n) is 14.7. The van der Waals surface area contributed by atoms with Crippen LogP contribution in [0, 0.1) is 0 Å². The number of methoxy groups -OCH3 is 2. The Balaban J connectivity index is 1.39. The molecule has 4 aromatic carbocycles. The average Bonchev–Trinajstić information content (AvgIpc) is 3.56. The molecule has 46 heavy (non-hydrogen) atoms. The van der Waals surface area contributed by atoms with Gasteiger partial charge in [0.2, 0.25) is 0 Å². The summed E-state index contributed by atoms with van der Waals surface area (Å²) in [6.45, 7) is -0.193. The van der Waals surface area contributed by atoms with E-state index in [1.54, 1.807) is 49.4 Å². The summed E-state index contributed by atoms with van der Waals surface area (Å²) >= 11 is 0. The number of carbonyl (C=O) groups excluding carboxylic acids is 1. The Morgan fingerprint density at radius 2 is 1.35 bits per heavy atom. The zero-order valence-electron chi connectivity index (χ0n) is 25.4. The third kappa shape index (κ3) is 5.91. The lowest BCUT2D eigenvalue weighted by molar-refractivity contribution is -0.0146. The van der Waals surface area contributed by atoms with Crippen molar-refractivity contribution in [2.45, 2.75) is 11.6 Å². The van der Waals surface area contributed by atoms with Gasteiger partial charge in [-0.05, 0) is 53.1 Å². The molecule has 0 fully saturated rings. The highest BCUT2D eigenvalue weighted by molar-refractivity contribution is 6.06. The van der Waals surface area contributed by atoms with Crippen LogP contribution in [0.5, 0.6) is 11.5 Å². The van der Waals surface area contributed by atoms with E-state index < -0.39 is 11.6 Å². The number of amides is 1. The number of nitrogens with zero attached hydrogens (tertiary/aromatic N) is 4. The van der Waals surface area contributed by atoms with Crippen LogP contribution >= 0.6 is 0 Å². The summed E-state index contributed by atoms with van der Waals surface area (Å²) in [4.78, 5) is 26.1. The molecule has 0 saturated carbocycles. The van der Waals surface area contributed by atoms with Gasteiger partial charge in [-0.2, -0.15) is 0 Å². The van der Waals surface area contributed by atoms with Crippen LogP contribution < -0.4 is 14.8 Å². The van der Waals surface area contributed by atoms with Gasteiger partial charge in [0, 0.05) is 5.56 Å². The van der Waals surface area contributed by atoms with Gasteiger partial charge in [-0.1, -0.05) is 72.8 Å². The number of fused-ring (bicyclic) bond motifs is 1. The fourth-order valence-electron chi connectivity index (χ4n) is 5.50. The maximum atomic E-state index is 12.9. The number of benzene rings is 4. The first-order chi connectivity index (χ1) is 22.6. The molecule has 6 rings (SSSR count). The van der Waals surface area contributed by atoms with E-state index in [1.165, 1.54) is 6.33 Å². The molecule has 0 spiro atoms. The smallest absolute Gasteiger partial charge is 0.256 e. The first kappa shape index (κ1) is 30.4. The van der Waals surface area contributed by atoms with E-state index in [0.29, 0.717) is 28.2 Å². The zero-order valence-corrected chi connectivity index (χ0v) is 25.4. The van der Waals surface area contributed by atoms with Crippen molar-refractivity contribution < 1.29 is 24.1 Å². The standard InChI is InChI=1S/C36H33N5O5/c1-44-30-17-13-27(14-18-30)36(26-11-7-4-8-12-26,28-15-19-31(45-2)20-16-28)46-22-29(21-42)41-24-39-32-33(37-23-38-34(32)41)40-35(43)25-9-5-3-6-10-25/h3-20,23-24,29,42H,21-22H2,1-2H3,(H,37,38,40,43)/t29-/m1/s1. The predicted molar refractivity (Wildman–Crippen MR) is 174 cm³/mol. The third-order valence-corrected chi connectivity index (χ3v) is 7.90. The number of imidazole rings is 1. The zero-order chi connectivity index (χ0) is 31.9. The van der Waals surface area contributed by atoms with Gasteiger partial charge in [0.25, 0.3) is 5.91 Å². The van der Waals surface area contributed by atoms with E-state index in [4.69, 9.17) is 14.2 Å². The van der Waals surface area contributed by atoms with Crippen LogP contribution in [0.25, 0.3) is 11.2 Å². The highest BCUT2D eigenvalue weighted by Crippen LogP contribution is 2.42. The molecule has 2 aromatic heterocycles. The quantitative estimate of drug-likeness (QED) is 0.170. The molecule has 0 bridgehead atoms. The molecular weight excluding hydrogens is 582 g/mol. The number of hydrogen-bond donors (Lipinski definition) is 2. The topological polar surface area (TPSA) is 121 Å². The number of ether oxygens (including phenoxy) is 3. The van der Waals surface area contributed by atoms with Gasteiger partial charge in [0.15, 0.2) is 17.0 Å². The number of rotatable bonds is 12. The van der Waals surface area contributed by atoms with Crippen molar-refractivity contribution in [2.75, 3.05) is 32.8 Å². The Hall–Kier alpha value is -5.58. The van der Waals surface area contributed by atoms with Crippen LogP contribution in [0.1, 0.15) is 33.1 Å². The summed E-state index contributed by atoms with van der Waals surface area (Å²) in [5, 5.41) is 13.5. The van der Waals surface area contributed by atoms with Gasteiger partial charge in [-0.15, -0.1) is 0 Å². The Morgan fingerprint density at radius 3 is 1.91 bits per heavy atom. The normalized spacial score (nSPS) is 12.1. The maximum Gasteiger partial charge on any atom is 0.256 e. The van der Waals surface area contributed by atoms with Crippen LogP contribution in [0.4, 0.5) is 5.82 Å². The second-order valence-corrected chi connectivity index (χ2v) is 10.5. The summed E-state index contributed by atoms with van der Waals surface area (Å²) in [5.41, 5.74) is 2.88. The predicted octanol–water partition coefficient (Wildman–Crippen LogP) is 5.64. The minimum atomic E-state index is -1.08. The molecule has 0 aliphatic rings. The number of anilines is 1. The first-order valence-corrected chi connectivity index (χ1v) is 14.7. The van der Waals surface area contributed by atoms with Gasteiger partial charge >= 0.3 is 0 Å². The molecule has 6 aromatic rings. The molecular formula is C36H33N5O5. The van der Waals surface area contributed by atoms with Gasteiger partial charge in [-0.3, -0.25) is 4.79 Å². The van der Waals surface area contributed by atoms with Gasteiger partial charge in [0.05, 0.1) is 39.8 Å². The second kappa shape index (κ2) is 13.6. The average molecular weight is 616 g/mol. The summed E-state index contributed by atoms with van der Waals surface area (Å²) in [5.74, 6) is 1.39. The fraction of sp³-hybridized carbons (Fsp3) is 0.167. The van der Waals surface area contributed by atoms with Crippen molar-refractivity contribution in [3.05, 3.63) is 144 Å². The molecule has 0 aliphatic carbocycles. The van der Waals surface area contributed by atoms with Gasteiger partial charge in [-0.25, -0.2) is 15.0 Å². The van der Waals surface area contributed by atoms with Crippen molar-refractivity contribution in [3.8, 4) is 11.5 Å². The summed E-state index contributed by atoms with van der Waals surface area (Å²) in [6, 6.07) is 33.7. The Labute approximate surface area is 266 Å². The number of carbonyl (C=O) groups is 1. The molecule has 10 nitrogen and oxygen atoms in total. The van der Waals surface area contributed by atoms with Crippen LogP contribution in [0.2, 0.25) is 0 Å². The maximum absolute atomic E-state index is 12.9. The Kier molecular flexibility index (Phi) is 9.00. The lowest BCUT2D eigenvalue weighted by Crippen LogP contribution is -2.35. The van der Waals surface area contributed by atoms with E-state index in [2.05, 4.69) is 20.3 Å². The number of aliphatic hydroxyl groups excluding tert-OH is 1. The summed E-state index contributed by atoms with van der Waals surface area (Å²) in [7, 11) is 3.26. The molecule has 2 N–H and O–H groups in total. The van der Waals surface area contributed by atoms with Crippen LogP contribution in [-0.2, 0) is 10.3 Å². The molecule has 0 radical (unpaired) electrons. The molecule has 10 heteroatoms. The largest absolute Gasteiger partial charge is 0.497 e. The monoisotopic (exact) mass is 615 g/mol. The number of aromatic nitrogens is 4. The molecule has 0 aliphatic heterocycles. The second-order valence-electron chi connectivity index (χ2n) is 10.5. The molecule has 0 unspecified atom stereocenters. The van der Waals surface area contributed by atoms with E-state index in [1.807, 2.05) is 84.9 Å². The van der Waals surface area contributed by atoms with Gasteiger partial charge in [0.1, 0.15) is 23.4 Å². The minimum absolute atomic E-state index is 0.0740. The third-order valence-electron chi connectivity index (χ3n) is 7.90. The van der Waals surface area contributed by atoms with Crippen LogP contribution in [-0.4, -0.2) is 58.0 Å². The highest BCUT2D eigenvalue weighted by Gasteiger charge is 2.39. The van der Waals surface area contributed by atoms with E-state index in [9.17, 15) is 9.90 Å². The molecule has 1 atom stereocenters. The van der Waals surface area contributed by atoms with Crippen molar-refractivity contribution in [3.63, 3.8) is 0 Å². The van der Waals surface area contributed by atoms with Crippen molar-refractivity contribution in [1.82, 2.24) is 19.5 Å². The van der Waals surface area contributed by atoms with E-state index in [0.717, 1.165) is 16.7 Å². The van der Waals surface area contributed by atoms with Crippen molar-refractivity contribution in [1.29, 1.82) is 0 Å². The lowest BCUT2D eigenvalue weighted by atomic mass is 9.80. The summed E-state index contributed by atoms with van der Waals surface area (Å²) < 4.78 is 19.7. The fourth-order valence-corrected chi connectivity index (χ4v) is 5.50. The number of hydrogen-bond acceptors (Lipinski definition) is 8. The highest BCUT2D eigenvalue weighted by atomic mass is 16.5. The Morgan fingerprint density at radius 1 is 0.783 bits per heavy atom. The molecule has 232 valence electrons. The number of aliphatic hydroxyl groups is 1. The molecule has 2 heterocycles. The molecule has 1 amide bonds. The van der Waals surface area contributed by atoms with Crippen molar-refractivity contribution >= 4 is 22.9 Å². The summed E-state index contributed by atoms with van der Waals surface area (Å²) in [6.07, 6.45) is 2.94. The number of nitrogens with one attached hydrogen (secondary N) is 1. The van der Waals surface area contributed by atoms with Crippen LogP contribution in [0.3, 0.4) is 0 Å². The Bertz CT molecular complexity index is 1850.